The molecule has 0 unspecified atom stereocenters. The van der Waals surface area contributed by atoms with Gasteiger partial charge in [0, 0.05) is 40.3 Å². The number of hydrogen-bond donors (Lipinski definition) is 1. The Morgan fingerprint density at radius 2 is 1.95 bits per heavy atom. The molecule has 0 radical (unpaired) electrons. The van der Waals surface area contributed by atoms with Crippen LogP contribution in [0.2, 0.25) is 0 Å². The van der Waals surface area contributed by atoms with Gasteiger partial charge in [0.15, 0.2) is 11.2 Å². The largest absolute Gasteiger partial charge is 0.490 e. The lowest BCUT2D eigenvalue weighted by Crippen LogP contribution is -2.12. The van der Waals surface area contributed by atoms with Gasteiger partial charge >= 0.3 is 10.5 Å². The summed E-state index contributed by atoms with van der Waals surface area (Å²) >= 11 is 0. The fraction of sp³-hybridized carbons (Fsp3) is 0.185. The first-order valence-corrected chi connectivity index (χ1v) is 12.8. The van der Waals surface area contributed by atoms with Gasteiger partial charge in [-0.05, 0) is 51.1 Å². The van der Waals surface area contributed by atoms with Crippen LogP contribution in [0.1, 0.15) is 26.3 Å². The molecule has 2 aromatic carbocycles. The fourth-order valence-corrected chi connectivity index (χ4v) is 4.89. The van der Waals surface area contributed by atoms with E-state index >= 15 is 0 Å². The molecule has 37 heavy (non-hydrogen) atoms. The normalized spacial score (nSPS) is 11.9. The number of hydrogen-bond acceptors (Lipinski definition) is 6. The highest BCUT2D eigenvalue weighted by Crippen LogP contribution is 2.37. The minimum absolute atomic E-state index is 0.173. The van der Waals surface area contributed by atoms with Gasteiger partial charge in [-0.25, -0.2) is 0 Å². The van der Waals surface area contributed by atoms with Crippen molar-refractivity contribution in [2.24, 2.45) is 0 Å². The maximum absolute atomic E-state index is 13.8. The van der Waals surface area contributed by atoms with Crippen molar-refractivity contribution < 1.29 is 21.2 Å². The van der Waals surface area contributed by atoms with Gasteiger partial charge in [0.1, 0.15) is 11.4 Å². The molecule has 0 spiro atoms. The molecule has 0 saturated heterocycles. The number of aromatic nitrogens is 3. The molecular formula is C27H22FN3O5S. The lowest BCUT2D eigenvalue weighted by molar-refractivity contribution is 0.244. The third kappa shape index (κ3) is 4.38. The number of nitrogens with zero attached hydrogens (tertiary/aromatic N) is 2. The summed E-state index contributed by atoms with van der Waals surface area (Å²) in [6.07, 6.45) is 7.89. The van der Waals surface area contributed by atoms with E-state index in [1.54, 1.807) is 18.2 Å². The second kappa shape index (κ2) is 8.94. The summed E-state index contributed by atoms with van der Waals surface area (Å²) in [5.41, 5.74) is 3.49. The van der Waals surface area contributed by atoms with Crippen molar-refractivity contribution in [3.63, 3.8) is 0 Å². The van der Waals surface area contributed by atoms with E-state index in [1.807, 2.05) is 37.5 Å². The molecule has 0 atom stereocenters. The van der Waals surface area contributed by atoms with E-state index in [-0.39, 0.29) is 17.3 Å². The number of aromatic amines is 1. The Labute approximate surface area is 212 Å². The highest BCUT2D eigenvalue weighted by atomic mass is 32.3. The number of nitrogens with one attached hydrogen (secondary N) is 1. The maximum Gasteiger partial charge on any atom is 0.488 e. The van der Waals surface area contributed by atoms with Crippen LogP contribution < -0.4 is 14.3 Å². The zero-order valence-electron chi connectivity index (χ0n) is 20.2. The van der Waals surface area contributed by atoms with Crippen molar-refractivity contribution >= 4 is 43.3 Å². The minimum atomic E-state index is -5.23. The molecule has 3 heterocycles. The monoisotopic (exact) mass is 519 g/mol. The van der Waals surface area contributed by atoms with Crippen molar-refractivity contribution in [3.8, 4) is 35.0 Å². The molecule has 0 amide bonds. The average Bonchev–Trinajstić information content (AvgIpc) is 3.21. The summed E-state index contributed by atoms with van der Waals surface area (Å²) in [6.45, 7) is 6.19. The number of H-pyrrole nitrogens is 1. The lowest BCUT2D eigenvalue weighted by atomic mass is 10.0. The number of benzene rings is 2. The Bertz CT molecular complexity index is 1920. The highest BCUT2D eigenvalue weighted by Gasteiger charge is 2.20. The summed E-state index contributed by atoms with van der Waals surface area (Å²) in [4.78, 5) is 21.2. The van der Waals surface area contributed by atoms with Gasteiger partial charge in [-0.2, -0.15) is 8.42 Å². The van der Waals surface area contributed by atoms with Crippen LogP contribution in [0.5, 0.6) is 11.5 Å². The number of ether oxygens (including phenoxy) is 1. The molecule has 0 fully saturated rings. The van der Waals surface area contributed by atoms with Gasteiger partial charge in [0.25, 0.3) is 0 Å². The lowest BCUT2D eigenvalue weighted by Gasteiger charge is -2.18. The quantitative estimate of drug-likeness (QED) is 0.248. The van der Waals surface area contributed by atoms with Crippen LogP contribution in [0, 0.1) is 12.3 Å². The van der Waals surface area contributed by atoms with Crippen LogP contribution in [-0.4, -0.2) is 29.1 Å². The SMILES string of the molecule is C#Cc1ccc2c(c1)[nH]c1c2c(=O)c2cc(OC(C)C)c(-c3cncc(OS(=O)(=O)F)c3)cc2n1CC. The number of aryl methyl sites for hydroxylation is 1. The molecule has 5 aromatic rings. The van der Waals surface area contributed by atoms with Crippen LogP contribution in [0.15, 0.2) is 53.6 Å². The Morgan fingerprint density at radius 3 is 2.62 bits per heavy atom. The van der Waals surface area contributed by atoms with Gasteiger partial charge in [0.2, 0.25) is 0 Å². The third-order valence-corrected chi connectivity index (χ3v) is 6.37. The van der Waals surface area contributed by atoms with E-state index in [9.17, 15) is 17.1 Å². The molecule has 10 heteroatoms. The van der Waals surface area contributed by atoms with Gasteiger partial charge < -0.3 is 18.5 Å². The van der Waals surface area contributed by atoms with Gasteiger partial charge in [-0.1, -0.05) is 15.9 Å². The van der Waals surface area contributed by atoms with Crippen molar-refractivity contribution in [1.29, 1.82) is 0 Å². The van der Waals surface area contributed by atoms with E-state index in [1.165, 1.54) is 12.3 Å². The van der Waals surface area contributed by atoms with Crippen LogP contribution in [0.3, 0.4) is 0 Å². The molecule has 0 aliphatic carbocycles. The number of terminal acetylenes is 1. The van der Waals surface area contributed by atoms with Crippen LogP contribution >= 0.6 is 0 Å². The molecule has 0 saturated carbocycles. The fourth-order valence-electron chi connectivity index (χ4n) is 4.57. The molecular weight excluding hydrogens is 497 g/mol. The first kappa shape index (κ1) is 24.3. The first-order valence-electron chi connectivity index (χ1n) is 11.5. The third-order valence-electron chi connectivity index (χ3n) is 5.97. The van der Waals surface area contributed by atoms with Gasteiger partial charge in [-0.15, -0.1) is 6.42 Å². The molecule has 0 bridgehead atoms. The second-order valence-corrected chi connectivity index (χ2v) is 9.70. The topological polar surface area (TPSA) is 103 Å². The second-order valence-electron chi connectivity index (χ2n) is 8.74. The predicted octanol–water partition coefficient (Wildman–Crippen LogP) is 5.08. The van der Waals surface area contributed by atoms with E-state index in [2.05, 4.69) is 20.1 Å². The summed E-state index contributed by atoms with van der Waals surface area (Å²) in [5, 5.41) is 1.75. The van der Waals surface area contributed by atoms with E-state index in [0.717, 1.165) is 17.1 Å². The smallest absolute Gasteiger partial charge is 0.488 e. The number of fused-ring (bicyclic) bond motifs is 4. The molecule has 0 aliphatic rings. The molecule has 3 aromatic heterocycles. The van der Waals surface area contributed by atoms with Crippen LogP contribution in [0.25, 0.3) is 44.0 Å². The molecule has 8 nitrogen and oxygen atoms in total. The van der Waals surface area contributed by atoms with Crippen LogP contribution in [-0.2, 0) is 17.0 Å². The highest BCUT2D eigenvalue weighted by molar-refractivity contribution is 7.81. The average molecular weight is 520 g/mol. The predicted molar refractivity (Wildman–Crippen MR) is 141 cm³/mol. The molecule has 188 valence electrons. The standard InChI is InChI=1S/C27H22FN3O5S/c1-5-16-7-8-19-22(9-16)30-27-25(19)26(32)21-12-24(35-15(3)4)20(11-23(21)31(27)6-2)17-10-18(14-29-13-17)36-37(28,33)34/h1,7-15,30H,6H2,2-4H3. The summed E-state index contributed by atoms with van der Waals surface area (Å²) in [5.74, 6) is 2.70. The maximum atomic E-state index is 13.8. The summed E-state index contributed by atoms with van der Waals surface area (Å²) in [6, 6.07) is 10.3. The van der Waals surface area contributed by atoms with Gasteiger partial charge in [-0.3, -0.25) is 9.78 Å². The van der Waals surface area contributed by atoms with E-state index < -0.39 is 10.5 Å². The van der Waals surface area contributed by atoms with Crippen molar-refractivity contribution in [1.82, 2.24) is 14.5 Å². The van der Waals surface area contributed by atoms with Crippen molar-refractivity contribution in [2.45, 2.75) is 33.4 Å². The summed E-state index contributed by atoms with van der Waals surface area (Å²) < 4.78 is 47.5. The molecule has 5 rings (SSSR count). The number of pyridine rings is 2. The Morgan fingerprint density at radius 1 is 1.16 bits per heavy atom. The minimum Gasteiger partial charge on any atom is -0.490 e. The van der Waals surface area contributed by atoms with Crippen LogP contribution in [0.4, 0.5) is 3.89 Å². The first-order chi connectivity index (χ1) is 17.6. The Hall–Kier alpha value is -4.36. The van der Waals surface area contributed by atoms with E-state index in [0.29, 0.717) is 50.9 Å². The number of rotatable bonds is 6. The Balaban J connectivity index is 1.85. The Kier molecular flexibility index (Phi) is 5.88. The zero-order valence-corrected chi connectivity index (χ0v) is 21.0. The molecule has 1 N–H and O–H groups in total. The van der Waals surface area contributed by atoms with Crippen molar-refractivity contribution in [3.05, 3.63) is 64.6 Å². The van der Waals surface area contributed by atoms with E-state index in [4.69, 9.17) is 11.2 Å². The molecule has 0 aliphatic heterocycles. The summed E-state index contributed by atoms with van der Waals surface area (Å²) in [7, 11) is -5.23. The zero-order chi connectivity index (χ0) is 26.5. The van der Waals surface area contributed by atoms with Crippen molar-refractivity contribution in [2.75, 3.05) is 0 Å². The van der Waals surface area contributed by atoms with Gasteiger partial charge in [0.05, 0.1) is 28.6 Å². The number of halogens is 1.